The standard InChI is InChI=1S/C21H25N7O4/c1-2-32-17-9-12(7-8-23-17)16-10-15(18-19(22)24-11-25-28(16)18)20(29)26-13-3-5-14(6-4-13)27-21(30)31/h7-11,13-14,27H,2-6H2,1H3,(H,26,29)(H,30,31)(H2,22,24,25)/t13-,14-. The quantitative estimate of drug-likeness (QED) is 0.455. The van der Waals surface area contributed by atoms with Crippen molar-refractivity contribution in [1.82, 2.24) is 30.2 Å². The van der Waals surface area contributed by atoms with Crippen molar-refractivity contribution in [3.63, 3.8) is 0 Å². The minimum absolute atomic E-state index is 0.0518. The van der Waals surface area contributed by atoms with Crippen LogP contribution in [0.25, 0.3) is 16.8 Å². The van der Waals surface area contributed by atoms with Crippen LogP contribution in [0.2, 0.25) is 0 Å². The van der Waals surface area contributed by atoms with Crippen molar-refractivity contribution in [2.45, 2.75) is 44.7 Å². The second kappa shape index (κ2) is 9.08. The van der Waals surface area contributed by atoms with Gasteiger partial charge in [0.05, 0.1) is 17.9 Å². The van der Waals surface area contributed by atoms with Crippen LogP contribution in [0.4, 0.5) is 10.6 Å². The lowest BCUT2D eigenvalue weighted by atomic mass is 9.91. The summed E-state index contributed by atoms with van der Waals surface area (Å²) in [4.78, 5) is 32.2. The number of fused-ring (bicyclic) bond motifs is 1. The van der Waals surface area contributed by atoms with Crippen LogP contribution < -0.4 is 21.1 Å². The number of nitrogens with one attached hydrogen (secondary N) is 2. The number of nitrogens with two attached hydrogens (primary N) is 1. The topological polar surface area (TPSA) is 157 Å². The monoisotopic (exact) mass is 439 g/mol. The normalized spacial score (nSPS) is 18.3. The van der Waals surface area contributed by atoms with Gasteiger partial charge in [0, 0.05) is 29.9 Å². The minimum atomic E-state index is -1.02. The number of ether oxygens (including phenoxy) is 1. The van der Waals surface area contributed by atoms with Gasteiger partial charge >= 0.3 is 6.09 Å². The summed E-state index contributed by atoms with van der Waals surface area (Å²) in [5.41, 5.74) is 8.35. The molecule has 32 heavy (non-hydrogen) atoms. The summed E-state index contributed by atoms with van der Waals surface area (Å²) in [6.45, 7) is 2.36. The van der Waals surface area contributed by atoms with E-state index in [1.807, 2.05) is 6.92 Å². The molecular weight excluding hydrogens is 414 g/mol. The molecule has 0 spiro atoms. The highest BCUT2D eigenvalue weighted by Crippen LogP contribution is 2.29. The molecule has 5 N–H and O–H groups in total. The lowest BCUT2D eigenvalue weighted by molar-refractivity contribution is 0.0925. The van der Waals surface area contributed by atoms with Crippen LogP contribution >= 0.6 is 0 Å². The number of hydrogen-bond donors (Lipinski definition) is 4. The van der Waals surface area contributed by atoms with E-state index in [2.05, 4.69) is 25.7 Å². The molecule has 0 aromatic carbocycles. The van der Waals surface area contributed by atoms with Gasteiger partial charge in [0.15, 0.2) is 5.82 Å². The summed E-state index contributed by atoms with van der Waals surface area (Å²) in [6, 6.07) is 5.18. The third-order valence-electron chi connectivity index (χ3n) is 5.54. The average molecular weight is 439 g/mol. The Hall–Kier alpha value is -3.89. The number of carboxylic acid groups (broad SMARTS) is 1. The first-order valence-electron chi connectivity index (χ1n) is 10.5. The van der Waals surface area contributed by atoms with E-state index in [9.17, 15) is 9.59 Å². The highest BCUT2D eigenvalue weighted by molar-refractivity contribution is 6.05. The summed E-state index contributed by atoms with van der Waals surface area (Å²) < 4.78 is 7.09. The Morgan fingerprint density at radius 1 is 1.19 bits per heavy atom. The third-order valence-corrected chi connectivity index (χ3v) is 5.54. The number of carbonyl (C=O) groups excluding carboxylic acids is 1. The molecule has 3 aromatic heterocycles. The molecule has 1 saturated carbocycles. The van der Waals surface area contributed by atoms with E-state index >= 15 is 0 Å². The number of carbonyl (C=O) groups is 2. The summed E-state index contributed by atoms with van der Waals surface area (Å²) >= 11 is 0. The second-order valence-corrected chi connectivity index (χ2v) is 7.64. The van der Waals surface area contributed by atoms with E-state index in [0.29, 0.717) is 54.9 Å². The number of nitrogen functional groups attached to an aromatic ring is 1. The second-order valence-electron chi connectivity index (χ2n) is 7.64. The average Bonchev–Trinajstić information content (AvgIpc) is 3.16. The summed E-state index contributed by atoms with van der Waals surface area (Å²) in [6.07, 6.45) is 4.66. The van der Waals surface area contributed by atoms with Crippen molar-refractivity contribution in [3.8, 4) is 17.1 Å². The molecule has 0 aliphatic heterocycles. The first-order valence-corrected chi connectivity index (χ1v) is 10.5. The molecule has 2 amide bonds. The van der Waals surface area contributed by atoms with Gasteiger partial charge in [-0.25, -0.2) is 19.3 Å². The van der Waals surface area contributed by atoms with Crippen LogP contribution in [0.15, 0.2) is 30.7 Å². The molecule has 3 heterocycles. The predicted octanol–water partition coefficient (Wildman–Crippen LogP) is 2.08. The van der Waals surface area contributed by atoms with Gasteiger partial charge in [-0.3, -0.25) is 4.79 Å². The Morgan fingerprint density at radius 2 is 1.91 bits per heavy atom. The number of hydrogen-bond acceptors (Lipinski definition) is 7. The molecule has 168 valence electrons. The molecule has 0 atom stereocenters. The highest BCUT2D eigenvalue weighted by atomic mass is 16.5. The van der Waals surface area contributed by atoms with Gasteiger partial charge < -0.3 is 26.2 Å². The van der Waals surface area contributed by atoms with Crippen molar-refractivity contribution >= 4 is 23.3 Å². The minimum Gasteiger partial charge on any atom is -0.478 e. The molecule has 11 nitrogen and oxygen atoms in total. The zero-order chi connectivity index (χ0) is 22.7. The maximum atomic E-state index is 13.2. The molecule has 4 rings (SSSR count). The van der Waals surface area contributed by atoms with Crippen molar-refractivity contribution in [3.05, 3.63) is 36.3 Å². The van der Waals surface area contributed by atoms with Crippen LogP contribution in [0, 0.1) is 0 Å². The molecule has 3 aromatic rings. The lowest BCUT2D eigenvalue weighted by Crippen LogP contribution is -2.43. The molecule has 0 radical (unpaired) electrons. The number of pyridine rings is 1. The van der Waals surface area contributed by atoms with Crippen molar-refractivity contribution in [2.75, 3.05) is 12.3 Å². The zero-order valence-corrected chi connectivity index (χ0v) is 17.6. The van der Waals surface area contributed by atoms with Crippen LogP contribution in [-0.2, 0) is 0 Å². The lowest BCUT2D eigenvalue weighted by Gasteiger charge is -2.28. The van der Waals surface area contributed by atoms with Crippen LogP contribution in [0.3, 0.4) is 0 Å². The van der Waals surface area contributed by atoms with Gasteiger partial charge in [-0.1, -0.05) is 0 Å². The first kappa shape index (κ1) is 21.3. The van der Waals surface area contributed by atoms with Gasteiger partial charge in [-0.15, -0.1) is 0 Å². The SMILES string of the molecule is CCOc1cc(-c2cc(C(=O)N[C@H]3CC[C@H](NC(=O)O)CC3)c3c(N)ncnn23)ccn1. The van der Waals surface area contributed by atoms with Crippen LogP contribution in [0.5, 0.6) is 5.88 Å². The van der Waals surface area contributed by atoms with Gasteiger partial charge in [-0.2, -0.15) is 5.10 Å². The van der Waals surface area contributed by atoms with Crippen molar-refractivity contribution in [2.24, 2.45) is 0 Å². The fourth-order valence-electron chi connectivity index (χ4n) is 4.06. The van der Waals surface area contributed by atoms with Gasteiger partial charge in [0.2, 0.25) is 5.88 Å². The third kappa shape index (κ3) is 4.41. The summed E-state index contributed by atoms with van der Waals surface area (Å²) in [5.74, 6) is 0.397. The smallest absolute Gasteiger partial charge is 0.404 e. The Balaban J connectivity index is 1.60. The van der Waals surface area contributed by atoms with E-state index in [4.69, 9.17) is 15.6 Å². The number of nitrogens with zero attached hydrogens (tertiary/aromatic N) is 4. The van der Waals surface area contributed by atoms with Crippen molar-refractivity contribution < 1.29 is 19.4 Å². The van der Waals surface area contributed by atoms with Crippen LogP contribution in [-0.4, -0.2) is 55.4 Å². The number of rotatable bonds is 6. The van der Waals surface area contributed by atoms with Gasteiger partial charge in [0.1, 0.15) is 11.8 Å². The maximum absolute atomic E-state index is 13.2. The van der Waals surface area contributed by atoms with E-state index in [0.717, 1.165) is 5.56 Å². The van der Waals surface area contributed by atoms with E-state index in [1.54, 1.807) is 28.9 Å². The molecule has 1 aliphatic rings. The fraction of sp³-hybridized carbons (Fsp3) is 0.381. The molecule has 1 aliphatic carbocycles. The maximum Gasteiger partial charge on any atom is 0.404 e. The number of aromatic nitrogens is 4. The Kier molecular flexibility index (Phi) is 6.06. The number of amides is 2. The Bertz CT molecular complexity index is 1140. The Morgan fingerprint density at radius 3 is 2.59 bits per heavy atom. The molecular formula is C21H25N7O4. The van der Waals surface area contributed by atoms with E-state index in [-0.39, 0.29) is 23.8 Å². The molecule has 0 saturated heterocycles. The summed E-state index contributed by atoms with van der Waals surface area (Å²) in [5, 5.41) is 18.7. The molecule has 11 heteroatoms. The highest BCUT2D eigenvalue weighted by Gasteiger charge is 2.26. The zero-order valence-electron chi connectivity index (χ0n) is 17.6. The number of anilines is 1. The van der Waals surface area contributed by atoms with E-state index in [1.165, 1.54) is 6.33 Å². The fourth-order valence-corrected chi connectivity index (χ4v) is 4.06. The molecule has 1 fully saturated rings. The molecule has 0 unspecified atom stereocenters. The van der Waals surface area contributed by atoms with Gasteiger partial charge in [-0.05, 0) is 44.7 Å². The predicted molar refractivity (Wildman–Crippen MR) is 116 cm³/mol. The Labute approximate surface area is 184 Å². The van der Waals surface area contributed by atoms with E-state index < -0.39 is 6.09 Å². The first-order chi connectivity index (χ1) is 15.5. The van der Waals surface area contributed by atoms with Crippen LogP contribution in [0.1, 0.15) is 43.0 Å². The van der Waals surface area contributed by atoms with Gasteiger partial charge in [0.25, 0.3) is 5.91 Å². The summed E-state index contributed by atoms with van der Waals surface area (Å²) in [7, 11) is 0. The largest absolute Gasteiger partial charge is 0.478 e. The van der Waals surface area contributed by atoms with Crippen molar-refractivity contribution in [1.29, 1.82) is 0 Å². The molecule has 0 bridgehead atoms.